The van der Waals surface area contributed by atoms with Crippen LogP contribution in [0.15, 0.2) is 35.4 Å². The van der Waals surface area contributed by atoms with Crippen LogP contribution in [0.2, 0.25) is 0 Å². The topological polar surface area (TPSA) is 60.9 Å². The highest BCUT2D eigenvalue weighted by atomic mass is 15.4. The van der Waals surface area contributed by atoms with Crippen LogP contribution in [-0.2, 0) is 6.54 Å². The van der Waals surface area contributed by atoms with Gasteiger partial charge in [-0.25, -0.2) is 4.68 Å². The fourth-order valence-corrected chi connectivity index (χ4v) is 2.55. The summed E-state index contributed by atoms with van der Waals surface area (Å²) in [4.78, 5) is 0. The first kappa shape index (κ1) is 15.1. The summed E-state index contributed by atoms with van der Waals surface area (Å²) in [5.41, 5.74) is 4.32. The molecule has 0 radical (unpaired) electrons. The summed E-state index contributed by atoms with van der Waals surface area (Å²) in [7, 11) is 0. The lowest BCUT2D eigenvalue weighted by Gasteiger charge is -2.04. The van der Waals surface area contributed by atoms with Crippen LogP contribution in [0.5, 0.6) is 0 Å². The number of hydrogen-bond acceptors (Lipinski definition) is 4. The monoisotopic (exact) mass is 308 g/mol. The van der Waals surface area contributed by atoms with Gasteiger partial charge in [-0.3, -0.25) is 4.68 Å². The van der Waals surface area contributed by atoms with E-state index in [0.29, 0.717) is 0 Å². The van der Waals surface area contributed by atoms with Gasteiger partial charge in [-0.1, -0.05) is 30.3 Å². The normalized spacial score (nSPS) is 11.5. The summed E-state index contributed by atoms with van der Waals surface area (Å²) < 4.78 is 3.74. The molecule has 0 aliphatic rings. The van der Waals surface area contributed by atoms with Crippen molar-refractivity contribution in [2.45, 2.75) is 34.2 Å². The van der Waals surface area contributed by atoms with Crippen molar-refractivity contribution in [3.63, 3.8) is 0 Å². The van der Waals surface area contributed by atoms with Gasteiger partial charge >= 0.3 is 0 Å². The number of aryl methyl sites for hydroxylation is 3. The molecule has 0 aliphatic heterocycles. The molecule has 0 aliphatic carbocycles. The third kappa shape index (κ3) is 3.06. The number of benzene rings is 1. The smallest absolute Gasteiger partial charge is 0.151 e. The molecule has 0 N–H and O–H groups in total. The summed E-state index contributed by atoms with van der Waals surface area (Å²) in [6.45, 7) is 8.59. The second-order valence-electron chi connectivity index (χ2n) is 5.58. The zero-order valence-electron chi connectivity index (χ0n) is 13.9. The van der Waals surface area contributed by atoms with E-state index in [1.54, 1.807) is 4.68 Å². The summed E-state index contributed by atoms with van der Waals surface area (Å²) in [5, 5.41) is 17.2. The maximum atomic E-state index is 4.64. The van der Waals surface area contributed by atoms with Gasteiger partial charge in [0.2, 0.25) is 0 Å². The molecule has 0 saturated carbocycles. The van der Waals surface area contributed by atoms with Gasteiger partial charge in [-0.15, -0.1) is 10.2 Å². The van der Waals surface area contributed by atoms with Crippen LogP contribution in [0.1, 0.15) is 34.2 Å². The summed E-state index contributed by atoms with van der Waals surface area (Å²) in [6.07, 6.45) is 1.84. The Morgan fingerprint density at radius 1 is 1.00 bits per heavy atom. The number of nitrogens with zero attached hydrogens (tertiary/aromatic N) is 6. The largest absolute Gasteiger partial charge is 0.265 e. The molecule has 6 heteroatoms. The first-order chi connectivity index (χ1) is 11.1. The van der Waals surface area contributed by atoms with E-state index in [9.17, 15) is 0 Å². The van der Waals surface area contributed by atoms with E-state index in [1.165, 1.54) is 5.56 Å². The predicted molar refractivity (Wildman–Crippen MR) is 89.7 cm³/mol. The van der Waals surface area contributed by atoms with E-state index in [-0.39, 0.29) is 0 Å². The van der Waals surface area contributed by atoms with Gasteiger partial charge in [0.25, 0.3) is 0 Å². The summed E-state index contributed by atoms with van der Waals surface area (Å²) >= 11 is 0. The van der Waals surface area contributed by atoms with Crippen molar-refractivity contribution in [1.82, 2.24) is 24.7 Å². The summed E-state index contributed by atoms with van der Waals surface area (Å²) in [6, 6.07) is 10.3. The Kier molecular flexibility index (Phi) is 4.06. The van der Waals surface area contributed by atoms with E-state index in [0.717, 1.165) is 35.1 Å². The van der Waals surface area contributed by atoms with Gasteiger partial charge in [0.05, 0.1) is 18.5 Å². The molecule has 1 aromatic carbocycles. The molecule has 6 nitrogen and oxygen atoms in total. The Balaban J connectivity index is 1.89. The lowest BCUT2D eigenvalue weighted by Crippen LogP contribution is -2.04. The molecule has 3 rings (SSSR count). The molecule has 0 bridgehead atoms. The first-order valence-corrected chi connectivity index (χ1v) is 7.57. The average Bonchev–Trinajstić information content (AvgIpc) is 2.99. The third-order valence-electron chi connectivity index (χ3n) is 3.87. The molecule has 2 aromatic heterocycles. The van der Waals surface area contributed by atoms with E-state index in [4.69, 9.17) is 0 Å². The molecular formula is C17H20N6. The van der Waals surface area contributed by atoms with Crippen LogP contribution in [-0.4, -0.2) is 30.9 Å². The fraction of sp³-hybridized carbons (Fsp3) is 0.294. The summed E-state index contributed by atoms with van der Waals surface area (Å²) in [5.74, 6) is 1.54. The van der Waals surface area contributed by atoms with Crippen molar-refractivity contribution in [2.24, 2.45) is 5.10 Å². The van der Waals surface area contributed by atoms with E-state index >= 15 is 0 Å². The molecule has 2 heterocycles. The molecule has 0 amide bonds. The second-order valence-corrected chi connectivity index (χ2v) is 5.58. The minimum absolute atomic E-state index is 0.756. The van der Waals surface area contributed by atoms with Crippen LogP contribution in [0.3, 0.4) is 0 Å². The minimum atomic E-state index is 0.756. The van der Waals surface area contributed by atoms with Crippen LogP contribution in [0.25, 0.3) is 0 Å². The molecule has 0 saturated heterocycles. The molecule has 0 spiro atoms. The highest BCUT2D eigenvalue weighted by Gasteiger charge is 2.10. The molecule has 0 atom stereocenters. The van der Waals surface area contributed by atoms with E-state index in [2.05, 4.69) is 39.5 Å². The Hall–Kier alpha value is -2.76. The van der Waals surface area contributed by atoms with Crippen molar-refractivity contribution in [3.05, 3.63) is 64.5 Å². The van der Waals surface area contributed by atoms with Crippen molar-refractivity contribution in [3.8, 4) is 0 Å². The molecule has 0 unspecified atom stereocenters. The lowest BCUT2D eigenvalue weighted by atomic mass is 10.2. The van der Waals surface area contributed by atoms with Gasteiger partial charge < -0.3 is 0 Å². The Morgan fingerprint density at radius 3 is 2.30 bits per heavy atom. The second kappa shape index (κ2) is 6.16. The maximum Gasteiger partial charge on any atom is 0.151 e. The maximum absolute atomic E-state index is 4.64. The molecule has 0 fully saturated rings. The number of hydrogen-bond donors (Lipinski definition) is 0. The van der Waals surface area contributed by atoms with Crippen molar-refractivity contribution < 1.29 is 0 Å². The van der Waals surface area contributed by atoms with Gasteiger partial charge in [0.1, 0.15) is 0 Å². The zero-order chi connectivity index (χ0) is 16.4. The highest BCUT2D eigenvalue weighted by Crippen LogP contribution is 2.13. The van der Waals surface area contributed by atoms with Crippen molar-refractivity contribution >= 4 is 6.21 Å². The fourth-order valence-electron chi connectivity index (χ4n) is 2.55. The SMILES string of the molecule is Cc1nn(Cc2ccccc2)c(C)c1/C=N\n1c(C)nnc1C. The molecule has 23 heavy (non-hydrogen) atoms. The van der Waals surface area contributed by atoms with Gasteiger partial charge in [-0.05, 0) is 33.3 Å². The number of aromatic nitrogens is 5. The number of rotatable bonds is 4. The van der Waals surface area contributed by atoms with Gasteiger partial charge in [-0.2, -0.15) is 10.2 Å². The van der Waals surface area contributed by atoms with E-state index < -0.39 is 0 Å². The third-order valence-corrected chi connectivity index (χ3v) is 3.87. The zero-order valence-corrected chi connectivity index (χ0v) is 13.9. The lowest BCUT2D eigenvalue weighted by molar-refractivity contribution is 0.659. The van der Waals surface area contributed by atoms with Gasteiger partial charge in [0.15, 0.2) is 11.6 Å². The standard InChI is InChI=1S/C17H20N6/c1-12-17(10-18-23-14(3)19-20-15(23)4)13(2)22(21-12)11-16-8-6-5-7-9-16/h5-10H,11H2,1-4H3/b18-10-. The van der Waals surface area contributed by atoms with Crippen LogP contribution in [0.4, 0.5) is 0 Å². The predicted octanol–water partition coefficient (Wildman–Crippen LogP) is 2.64. The van der Waals surface area contributed by atoms with Crippen LogP contribution < -0.4 is 0 Å². The van der Waals surface area contributed by atoms with E-state index in [1.807, 2.05) is 49.9 Å². The highest BCUT2D eigenvalue weighted by molar-refractivity contribution is 5.82. The molecule has 3 aromatic rings. The van der Waals surface area contributed by atoms with Crippen molar-refractivity contribution in [2.75, 3.05) is 0 Å². The first-order valence-electron chi connectivity index (χ1n) is 7.57. The average molecular weight is 308 g/mol. The van der Waals surface area contributed by atoms with Crippen LogP contribution >= 0.6 is 0 Å². The minimum Gasteiger partial charge on any atom is -0.265 e. The van der Waals surface area contributed by atoms with Gasteiger partial charge in [0, 0.05) is 11.3 Å². The quantitative estimate of drug-likeness (QED) is 0.696. The Morgan fingerprint density at radius 2 is 1.65 bits per heavy atom. The Bertz CT molecular complexity index is 822. The Labute approximate surface area is 135 Å². The van der Waals surface area contributed by atoms with Crippen LogP contribution in [0, 0.1) is 27.7 Å². The molecular weight excluding hydrogens is 288 g/mol. The van der Waals surface area contributed by atoms with Crippen molar-refractivity contribution in [1.29, 1.82) is 0 Å². The molecule has 118 valence electrons.